The fourth-order valence-electron chi connectivity index (χ4n) is 3.23. The van der Waals surface area contributed by atoms with E-state index in [2.05, 4.69) is 34.0 Å². The van der Waals surface area contributed by atoms with Crippen molar-refractivity contribution in [3.8, 4) is 0 Å². The van der Waals surface area contributed by atoms with Gasteiger partial charge in [0.05, 0.1) is 11.8 Å². The smallest absolute Gasteiger partial charge is 0.336 e. The Bertz CT molecular complexity index is 624. The van der Waals surface area contributed by atoms with Crippen LogP contribution in [0.5, 0.6) is 0 Å². The second-order valence-electron chi connectivity index (χ2n) is 6.28. The lowest BCUT2D eigenvalue weighted by atomic mass is 9.69. The largest absolute Gasteiger partial charge is 0.455 e. The van der Waals surface area contributed by atoms with Crippen molar-refractivity contribution in [3.63, 3.8) is 0 Å². The molecule has 6 heteroatoms. The minimum atomic E-state index is -0.383. The molecule has 6 nitrogen and oxygen atoms in total. The number of hydrogen-bond acceptors (Lipinski definition) is 6. The van der Waals surface area contributed by atoms with Crippen molar-refractivity contribution in [2.24, 2.45) is 21.6 Å². The first-order valence-corrected chi connectivity index (χ1v) is 7.05. The summed E-state index contributed by atoms with van der Waals surface area (Å²) >= 11 is 0. The molecule has 0 N–H and O–H groups in total. The van der Waals surface area contributed by atoms with Crippen LogP contribution in [0.3, 0.4) is 0 Å². The van der Waals surface area contributed by atoms with Crippen molar-refractivity contribution >= 4 is 11.9 Å². The molecule has 2 bridgehead atoms. The molecule has 21 heavy (non-hydrogen) atoms. The van der Waals surface area contributed by atoms with E-state index in [1.165, 1.54) is 6.20 Å². The van der Waals surface area contributed by atoms with E-state index in [9.17, 15) is 4.79 Å². The zero-order valence-corrected chi connectivity index (χ0v) is 12.4. The van der Waals surface area contributed by atoms with Crippen molar-refractivity contribution < 1.29 is 9.53 Å². The molecule has 3 rings (SSSR count). The van der Waals surface area contributed by atoms with E-state index in [-0.39, 0.29) is 28.9 Å². The molecular formula is C15H18N4O2. The van der Waals surface area contributed by atoms with Crippen LogP contribution >= 0.6 is 0 Å². The molecule has 2 aliphatic rings. The lowest BCUT2D eigenvalue weighted by molar-refractivity contribution is -0.172. The molecule has 0 unspecified atom stereocenters. The molecule has 1 aliphatic carbocycles. The first-order valence-electron chi connectivity index (χ1n) is 7.05. The van der Waals surface area contributed by atoms with Gasteiger partial charge < -0.3 is 4.74 Å². The van der Waals surface area contributed by atoms with E-state index in [1.54, 1.807) is 18.5 Å². The van der Waals surface area contributed by atoms with Gasteiger partial charge in [-0.1, -0.05) is 13.8 Å². The molecule has 0 aromatic carbocycles. The average molecular weight is 286 g/mol. The number of nitrogens with zero attached hydrogens (tertiary/aromatic N) is 4. The van der Waals surface area contributed by atoms with E-state index >= 15 is 0 Å². The third-order valence-corrected chi connectivity index (χ3v) is 4.97. The third-order valence-electron chi connectivity index (χ3n) is 4.97. The highest BCUT2D eigenvalue weighted by molar-refractivity contribution is 5.91. The van der Waals surface area contributed by atoms with Crippen LogP contribution in [-0.4, -0.2) is 21.5 Å². The van der Waals surface area contributed by atoms with Crippen molar-refractivity contribution in [1.82, 2.24) is 9.97 Å². The summed E-state index contributed by atoms with van der Waals surface area (Å²) in [5.41, 5.74) is 0.117. The van der Waals surface area contributed by atoms with E-state index in [4.69, 9.17) is 4.74 Å². The standard InChI is InChI=1S/C15H18N4O2/c1-14(2)11-5-6-15(14,3)21-12(20)10(11)9-18-19-13-16-7-4-8-17-13/h4,7-9,11H,5-6H2,1-3H3/b10-9-,19-18?/t11-,15-/m1/s1. The van der Waals surface area contributed by atoms with Gasteiger partial charge in [-0.15, -0.1) is 5.11 Å². The molecular weight excluding hydrogens is 268 g/mol. The first-order chi connectivity index (χ1) is 9.94. The molecule has 1 saturated heterocycles. The summed E-state index contributed by atoms with van der Waals surface area (Å²) in [6, 6.07) is 1.71. The van der Waals surface area contributed by atoms with Gasteiger partial charge in [-0.05, 0) is 25.8 Å². The summed E-state index contributed by atoms with van der Waals surface area (Å²) in [7, 11) is 0. The number of carbonyl (C=O) groups is 1. The molecule has 0 radical (unpaired) electrons. The lowest BCUT2D eigenvalue weighted by Crippen LogP contribution is -2.49. The van der Waals surface area contributed by atoms with Crippen molar-refractivity contribution in [2.45, 2.75) is 39.2 Å². The summed E-state index contributed by atoms with van der Waals surface area (Å²) in [6.07, 6.45) is 6.49. The van der Waals surface area contributed by atoms with E-state index < -0.39 is 0 Å². The Hall–Kier alpha value is -2.11. The van der Waals surface area contributed by atoms with Crippen molar-refractivity contribution in [1.29, 1.82) is 0 Å². The first kappa shape index (κ1) is 13.9. The zero-order chi connectivity index (χ0) is 15.1. The minimum absolute atomic E-state index is 0.0918. The predicted octanol–water partition coefficient (Wildman–Crippen LogP) is 3.20. The van der Waals surface area contributed by atoms with Gasteiger partial charge in [0.15, 0.2) is 0 Å². The number of ether oxygens (including phenoxy) is 1. The number of carbonyl (C=O) groups excluding carboxylic acids is 1. The predicted molar refractivity (Wildman–Crippen MR) is 75.6 cm³/mol. The Morgan fingerprint density at radius 1 is 1.33 bits per heavy atom. The van der Waals surface area contributed by atoms with Gasteiger partial charge in [0.1, 0.15) is 5.60 Å². The van der Waals surface area contributed by atoms with E-state index in [0.29, 0.717) is 5.57 Å². The molecule has 110 valence electrons. The highest BCUT2D eigenvalue weighted by Crippen LogP contribution is 2.58. The van der Waals surface area contributed by atoms with Crippen LogP contribution in [0.15, 0.2) is 40.5 Å². The maximum absolute atomic E-state index is 12.2. The Kier molecular flexibility index (Phi) is 3.11. The molecule has 1 aliphatic heterocycles. The van der Waals surface area contributed by atoms with Crippen LogP contribution in [0.25, 0.3) is 0 Å². The SMILES string of the molecule is CC1(C)[C@@H]2CC[C@@]1(C)OC(=O)/C2=C\N=Nc1ncccn1. The topological polar surface area (TPSA) is 76.8 Å². The average Bonchev–Trinajstić information content (AvgIpc) is 2.58. The van der Waals surface area contributed by atoms with Crippen LogP contribution in [-0.2, 0) is 9.53 Å². The minimum Gasteiger partial charge on any atom is -0.455 e. The summed E-state index contributed by atoms with van der Waals surface area (Å²) in [4.78, 5) is 20.1. The quantitative estimate of drug-likeness (QED) is 0.475. The summed E-state index contributed by atoms with van der Waals surface area (Å²) < 4.78 is 5.66. The Morgan fingerprint density at radius 2 is 2.05 bits per heavy atom. The summed E-state index contributed by atoms with van der Waals surface area (Å²) in [6.45, 7) is 6.30. The van der Waals surface area contributed by atoms with E-state index in [0.717, 1.165) is 12.8 Å². The Labute approximate surface area is 123 Å². The monoisotopic (exact) mass is 286 g/mol. The normalized spacial score (nSPS) is 32.6. The van der Waals surface area contributed by atoms with Crippen molar-refractivity contribution in [3.05, 3.63) is 30.2 Å². The van der Waals surface area contributed by atoms with Gasteiger partial charge in [-0.25, -0.2) is 14.8 Å². The molecule has 1 saturated carbocycles. The molecule has 0 amide bonds. The van der Waals surface area contributed by atoms with Gasteiger partial charge in [0.25, 0.3) is 5.95 Å². The number of aromatic nitrogens is 2. The van der Waals surface area contributed by atoms with Gasteiger partial charge in [0.2, 0.25) is 0 Å². The molecule has 2 heterocycles. The molecule has 1 aromatic heterocycles. The highest BCUT2D eigenvalue weighted by atomic mass is 16.6. The molecule has 1 aromatic rings. The van der Waals surface area contributed by atoms with Gasteiger partial charge >= 0.3 is 5.97 Å². The highest BCUT2D eigenvalue weighted by Gasteiger charge is 2.60. The Balaban J connectivity index is 1.87. The molecule has 0 spiro atoms. The summed E-state index contributed by atoms with van der Waals surface area (Å²) in [5, 5.41) is 7.86. The van der Waals surface area contributed by atoms with Gasteiger partial charge in [-0.3, -0.25) is 0 Å². The third kappa shape index (κ3) is 2.14. The van der Waals surface area contributed by atoms with Gasteiger partial charge in [0, 0.05) is 23.7 Å². The second-order valence-corrected chi connectivity index (χ2v) is 6.28. The van der Waals surface area contributed by atoms with E-state index in [1.807, 2.05) is 6.92 Å². The van der Waals surface area contributed by atoms with Crippen LogP contribution < -0.4 is 0 Å². The van der Waals surface area contributed by atoms with Crippen LogP contribution in [0.1, 0.15) is 33.6 Å². The van der Waals surface area contributed by atoms with Crippen LogP contribution in [0.4, 0.5) is 5.95 Å². The van der Waals surface area contributed by atoms with Gasteiger partial charge in [-0.2, -0.15) is 5.11 Å². The summed E-state index contributed by atoms with van der Waals surface area (Å²) in [5.74, 6) is 0.140. The lowest BCUT2D eigenvalue weighted by Gasteiger charge is -2.45. The molecule has 2 fully saturated rings. The number of fused-ring (bicyclic) bond motifs is 2. The molecule has 2 atom stereocenters. The number of esters is 1. The van der Waals surface area contributed by atoms with Crippen LogP contribution in [0.2, 0.25) is 0 Å². The second kappa shape index (κ2) is 4.72. The zero-order valence-electron chi connectivity index (χ0n) is 12.4. The fraction of sp³-hybridized carbons (Fsp3) is 0.533. The maximum Gasteiger partial charge on any atom is 0.336 e. The number of rotatable bonds is 2. The maximum atomic E-state index is 12.2. The van der Waals surface area contributed by atoms with Crippen molar-refractivity contribution in [2.75, 3.05) is 0 Å². The number of hydrogen-bond donors (Lipinski definition) is 0. The fourth-order valence-corrected chi connectivity index (χ4v) is 3.23. The van der Waals surface area contributed by atoms with Crippen LogP contribution in [0, 0.1) is 11.3 Å². The Morgan fingerprint density at radius 3 is 2.76 bits per heavy atom. The number of azo groups is 1.